The maximum Gasteiger partial charge on any atom is 0.0486 e. The Hall–Kier alpha value is -0.990. The lowest BCUT2D eigenvalue weighted by Crippen LogP contribution is -2.35. The lowest BCUT2D eigenvalue weighted by molar-refractivity contribution is 0.384. The number of nitrogens with one attached hydrogen (secondary N) is 1. The van der Waals surface area contributed by atoms with E-state index in [0.717, 1.165) is 19.5 Å². The van der Waals surface area contributed by atoms with Crippen LogP contribution < -0.4 is 5.32 Å². The van der Waals surface area contributed by atoms with Crippen LogP contribution in [-0.2, 0) is 19.4 Å². The lowest BCUT2D eigenvalue weighted by atomic mass is 9.90. The molecule has 0 amide bonds. The Morgan fingerprint density at radius 2 is 2.26 bits per heavy atom. The largest absolute Gasteiger partial charge is 0.342 e. The summed E-state index contributed by atoms with van der Waals surface area (Å²) in [4.78, 5) is 0. The van der Waals surface area contributed by atoms with Crippen molar-refractivity contribution in [2.45, 2.75) is 45.2 Å². The molecule has 4 rings (SSSR count). The van der Waals surface area contributed by atoms with Gasteiger partial charge in [0.05, 0.1) is 0 Å². The molecule has 2 heterocycles. The van der Waals surface area contributed by atoms with Crippen molar-refractivity contribution in [2.75, 3.05) is 6.54 Å². The van der Waals surface area contributed by atoms with E-state index >= 15 is 0 Å². The van der Waals surface area contributed by atoms with Crippen molar-refractivity contribution in [1.82, 2.24) is 9.88 Å². The predicted molar refractivity (Wildman–Crippen MR) is 82.2 cm³/mol. The van der Waals surface area contributed by atoms with E-state index in [1.165, 1.54) is 35.7 Å². The molecule has 1 aromatic carbocycles. The minimum atomic E-state index is 0. The fourth-order valence-electron chi connectivity index (χ4n) is 3.78. The van der Waals surface area contributed by atoms with Gasteiger partial charge in [0, 0.05) is 35.7 Å². The molecule has 1 atom stereocenters. The quantitative estimate of drug-likeness (QED) is 0.842. The van der Waals surface area contributed by atoms with E-state index in [0.29, 0.717) is 6.04 Å². The first kappa shape index (κ1) is 13.0. The highest BCUT2D eigenvalue weighted by atomic mass is 35.5. The van der Waals surface area contributed by atoms with Crippen LogP contribution >= 0.6 is 12.4 Å². The predicted octanol–water partition coefficient (Wildman–Crippen LogP) is 3.61. The van der Waals surface area contributed by atoms with Crippen molar-refractivity contribution in [3.05, 3.63) is 35.0 Å². The maximum atomic E-state index is 3.69. The highest BCUT2D eigenvalue weighted by Gasteiger charge is 2.29. The first-order valence-electron chi connectivity index (χ1n) is 7.25. The average Bonchev–Trinajstić information content (AvgIpc) is 2.76. The van der Waals surface area contributed by atoms with Gasteiger partial charge in [0.25, 0.3) is 0 Å². The van der Waals surface area contributed by atoms with Crippen molar-refractivity contribution in [2.24, 2.45) is 0 Å². The zero-order valence-electron chi connectivity index (χ0n) is 11.4. The number of halogens is 1. The van der Waals surface area contributed by atoms with E-state index in [-0.39, 0.29) is 12.4 Å². The van der Waals surface area contributed by atoms with Gasteiger partial charge in [-0.15, -0.1) is 12.4 Å². The summed E-state index contributed by atoms with van der Waals surface area (Å²) in [5, 5.41) is 5.21. The Labute approximate surface area is 120 Å². The molecule has 2 aliphatic rings. The molecule has 0 radical (unpaired) electrons. The first-order valence-corrected chi connectivity index (χ1v) is 7.25. The Morgan fingerprint density at radius 3 is 3.11 bits per heavy atom. The molecule has 0 fully saturated rings. The van der Waals surface area contributed by atoms with Crippen LogP contribution in [0.25, 0.3) is 10.9 Å². The second-order valence-electron chi connectivity index (χ2n) is 5.62. The SMILES string of the molecule is CCc1ccc2c(c1)c1c3n2CCNC3CCC1.Cl. The minimum Gasteiger partial charge on any atom is -0.342 e. The Kier molecular flexibility index (Phi) is 3.32. The molecule has 1 aromatic heterocycles. The van der Waals surface area contributed by atoms with E-state index in [2.05, 4.69) is 35.0 Å². The third-order valence-electron chi connectivity index (χ3n) is 4.66. The highest BCUT2D eigenvalue weighted by Crippen LogP contribution is 2.39. The maximum absolute atomic E-state index is 3.69. The van der Waals surface area contributed by atoms with Gasteiger partial charge in [0.15, 0.2) is 0 Å². The molecule has 102 valence electrons. The van der Waals surface area contributed by atoms with Crippen molar-refractivity contribution < 1.29 is 0 Å². The van der Waals surface area contributed by atoms with E-state index < -0.39 is 0 Å². The Balaban J connectivity index is 0.00000110. The zero-order chi connectivity index (χ0) is 12.1. The molecule has 1 unspecified atom stereocenters. The Morgan fingerprint density at radius 1 is 1.37 bits per heavy atom. The molecule has 2 aromatic rings. The van der Waals surface area contributed by atoms with Crippen molar-refractivity contribution in [3.63, 3.8) is 0 Å². The summed E-state index contributed by atoms with van der Waals surface area (Å²) in [6.07, 6.45) is 5.05. The summed E-state index contributed by atoms with van der Waals surface area (Å²) < 4.78 is 2.57. The van der Waals surface area contributed by atoms with Crippen LogP contribution in [0.1, 0.15) is 42.6 Å². The van der Waals surface area contributed by atoms with Gasteiger partial charge >= 0.3 is 0 Å². The number of benzene rings is 1. The normalized spacial score (nSPS) is 21.0. The third-order valence-corrected chi connectivity index (χ3v) is 4.66. The minimum absolute atomic E-state index is 0. The second-order valence-corrected chi connectivity index (χ2v) is 5.62. The monoisotopic (exact) mass is 276 g/mol. The van der Waals surface area contributed by atoms with Gasteiger partial charge < -0.3 is 9.88 Å². The molecule has 2 nitrogen and oxygen atoms in total. The number of aryl methyl sites for hydroxylation is 2. The van der Waals surface area contributed by atoms with E-state index in [9.17, 15) is 0 Å². The van der Waals surface area contributed by atoms with Crippen molar-refractivity contribution in [1.29, 1.82) is 0 Å². The third kappa shape index (κ3) is 1.81. The number of rotatable bonds is 1. The van der Waals surface area contributed by atoms with Crippen LogP contribution in [0, 0.1) is 0 Å². The van der Waals surface area contributed by atoms with Crippen molar-refractivity contribution >= 4 is 23.3 Å². The topological polar surface area (TPSA) is 17.0 Å². The van der Waals surface area contributed by atoms with Crippen molar-refractivity contribution in [3.8, 4) is 0 Å². The highest BCUT2D eigenvalue weighted by molar-refractivity contribution is 5.87. The number of nitrogens with zero attached hydrogens (tertiary/aromatic N) is 1. The van der Waals surface area contributed by atoms with E-state index in [4.69, 9.17) is 0 Å². The number of hydrogen-bond acceptors (Lipinski definition) is 1. The summed E-state index contributed by atoms with van der Waals surface area (Å²) in [6, 6.07) is 7.68. The molecule has 3 heteroatoms. The van der Waals surface area contributed by atoms with Gasteiger partial charge in [-0.1, -0.05) is 13.0 Å². The van der Waals surface area contributed by atoms with Crippen LogP contribution in [0.5, 0.6) is 0 Å². The molecule has 0 bridgehead atoms. The molecule has 0 spiro atoms. The van der Waals surface area contributed by atoms with Crippen LogP contribution in [0.3, 0.4) is 0 Å². The second kappa shape index (κ2) is 4.84. The summed E-state index contributed by atoms with van der Waals surface area (Å²) in [5.41, 5.74) is 6.15. The smallest absolute Gasteiger partial charge is 0.0486 e. The van der Waals surface area contributed by atoms with Crippen LogP contribution in [-0.4, -0.2) is 11.1 Å². The number of aromatic nitrogens is 1. The van der Waals surface area contributed by atoms with E-state index in [1.54, 1.807) is 11.3 Å². The molecule has 1 aliphatic carbocycles. The zero-order valence-corrected chi connectivity index (χ0v) is 12.2. The first-order chi connectivity index (χ1) is 8.88. The van der Waals surface area contributed by atoms with Gasteiger partial charge in [0.2, 0.25) is 0 Å². The van der Waals surface area contributed by atoms with Gasteiger partial charge in [-0.25, -0.2) is 0 Å². The standard InChI is InChI=1S/C16H20N2.ClH/c1-2-11-6-7-15-13(10-11)12-4-3-5-14-16(12)18(15)9-8-17-14;/h6-7,10,14,17H,2-5,8-9H2,1H3;1H. The molecule has 0 saturated carbocycles. The summed E-state index contributed by atoms with van der Waals surface area (Å²) in [6.45, 7) is 4.50. The molecule has 1 aliphatic heterocycles. The van der Waals surface area contributed by atoms with Gasteiger partial charge in [-0.2, -0.15) is 0 Å². The van der Waals surface area contributed by atoms with Crippen LogP contribution in [0.15, 0.2) is 18.2 Å². The molecular weight excluding hydrogens is 256 g/mol. The summed E-state index contributed by atoms with van der Waals surface area (Å²) >= 11 is 0. The molecule has 0 saturated heterocycles. The average molecular weight is 277 g/mol. The fourth-order valence-corrected chi connectivity index (χ4v) is 3.78. The van der Waals surface area contributed by atoms with Gasteiger partial charge in [0.1, 0.15) is 0 Å². The van der Waals surface area contributed by atoms with Gasteiger partial charge in [-0.05, 0) is 48.9 Å². The summed E-state index contributed by atoms with van der Waals surface area (Å²) in [5.74, 6) is 0. The van der Waals surface area contributed by atoms with Crippen LogP contribution in [0.2, 0.25) is 0 Å². The molecule has 1 N–H and O–H groups in total. The fraction of sp³-hybridized carbons (Fsp3) is 0.500. The van der Waals surface area contributed by atoms with Crippen LogP contribution in [0.4, 0.5) is 0 Å². The summed E-state index contributed by atoms with van der Waals surface area (Å²) in [7, 11) is 0. The number of hydrogen-bond donors (Lipinski definition) is 1. The van der Waals surface area contributed by atoms with E-state index in [1.807, 2.05) is 0 Å². The number of fused-ring (bicyclic) bond motifs is 3. The van der Waals surface area contributed by atoms with Gasteiger partial charge in [-0.3, -0.25) is 0 Å². The molecular formula is C16H21ClN2. The lowest BCUT2D eigenvalue weighted by Gasteiger charge is -2.31. The molecule has 19 heavy (non-hydrogen) atoms. The Bertz CT molecular complexity index is 613.